The normalized spacial score (nSPS) is 18.9. The lowest BCUT2D eigenvalue weighted by atomic mass is 10.2. The molecule has 17 heavy (non-hydrogen) atoms. The molecule has 1 aliphatic heterocycles. The molecule has 98 valence electrons. The molecule has 1 unspecified atom stereocenters. The van der Waals surface area contributed by atoms with Gasteiger partial charge >= 0.3 is 0 Å². The standard InChI is InChI=1S/C11H22N4O2/c1-9(12-2)11(17)15-6-4-14(5-7-15)8-10(16)13-3/h9,12H,4-8H2,1-3H3,(H,13,16). The Kier molecular flexibility index (Phi) is 5.37. The zero-order valence-electron chi connectivity index (χ0n) is 10.8. The van der Waals surface area contributed by atoms with E-state index in [0.29, 0.717) is 19.6 Å². The topological polar surface area (TPSA) is 64.7 Å². The molecule has 1 saturated heterocycles. The average molecular weight is 242 g/mol. The van der Waals surface area contributed by atoms with Crippen LogP contribution in [0.25, 0.3) is 0 Å². The summed E-state index contributed by atoms with van der Waals surface area (Å²) in [5.74, 6) is 0.153. The van der Waals surface area contributed by atoms with Crippen molar-refractivity contribution in [2.24, 2.45) is 0 Å². The first kappa shape index (κ1) is 13.9. The first-order valence-corrected chi connectivity index (χ1v) is 5.97. The second-order valence-electron chi connectivity index (χ2n) is 4.28. The fraction of sp³-hybridized carbons (Fsp3) is 0.818. The average Bonchev–Trinajstić information content (AvgIpc) is 2.37. The summed E-state index contributed by atoms with van der Waals surface area (Å²) in [6, 6.07) is -0.138. The fourth-order valence-corrected chi connectivity index (χ4v) is 1.81. The van der Waals surface area contributed by atoms with E-state index >= 15 is 0 Å². The van der Waals surface area contributed by atoms with Gasteiger partial charge in [-0.3, -0.25) is 14.5 Å². The van der Waals surface area contributed by atoms with Gasteiger partial charge in [0.2, 0.25) is 11.8 Å². The van der Waals surface area contributed by atoms with Crippen LogP contribution in [0.15, 0.2) is 0 Å². The highest BCUT2D eigenvalue weighted by molar-refractivity contribution is 5.81. The summed E-state index contributed by atoms with van der Waals surface area (Å²) in [5, 5.41) is 5.55. The van der Waals surface area contributed by atoms with E-state index in [1.807, 2.05) is 11.8 Å². The lowest BCUT2D eigenvalue weighted by Crippen LogP contribution is -2.54. The highest BCUT2D eigenvalue weighted by Gasteiger charge is 2.24. The molecule has 1 atom stereocenters. The van der Waals surface area contributed by atoms with Crippen LogP contribution in [0.2, 0.25) is 0 Å². The van der Waals surface area contributed by atoms with Crippen molar-refractivity contribution in [2.75, 3.05) is 46.8 Å². The van der Waals surface area contributed by atoms with Gasteiger partial charge in [0.1, 0.15) is 0 Å². The zero-order valence-corrected chi connectivity index (χ0v) is 10.8. The summed E-state index contributed by atoms with van der Waals surface area (Å²) in [6.07, 6.45) is 0. The predicted molar refractivity (Wildman–Crippen MR) is 65.6 cm³/mol. The monoisotopic (exact) mass is 242 g/mol. The van der Waals surface area contributed by atoms with Crippen LogP contribution in [0.3, 0.4) is 0 Å². The molecule has 0 radical (unpaired) electrons. The number of hydrogen-bond donors (Lipinski definition) is 2. The van der Waals surface area contributed by atoms with Crippen LogP contribution < -0.4 is 10.6 Å². The van der Waals surface area contributed by atoms with E-state index in [1.165, 1.54) is 0 Å². The molecule has 0 aromatic carbocycles. The van der Waals surface area contributed by atoms with Crippen molar-refractivity contribution in [1.29, 1.82) is 0 Å². The largest absolute Gasteiger partial charge is 0.358 e. The Bertz CT molecular complexity index is 275. The van der Waals surface area contributed by atoms with E-state index in [-0.39, 0.29) is 17.9 Å². The number of nitrogens with zero attached hydrogens (tertiary/aromatic N) is 2. The van der Waals surface area contributed by atoms with Gasteiger partial charge in [0.15, 0.2) is 0 Å². The molecular formula is C11H22N4O2. The number of piperazine rings is 1. The molecule has 2 amide bonds. The van der Waals surface area contributed by atoms with Gasteiger partial charge in [-0.05, 0) is 14.0 Å². The van der Waals surface area contributed by atoms with E-state index in [1.54, 1.807) is 14.1 Å². The molecule has 6 heteroatoms. The predicted octanol–water partition coefficient (Wildman–Crippen LogP) is -1.52. The van der Waals surface area contributed by atoms with E-state index in [0.717, 1.165) is 13.1 Å². The fourth-order valence-electron chi connectivity index (χ4n) is 1.81. The summed E-state index contributed by atoms with van der Waals surface area (Å²) >= 11 is 0. The number of hydrogen-bond acceptors (Lipinski definition) is 4. The Balaban J connectivity index is 2.35. The molecule has 0 spiro atoms. The third kappa shape index (κ3) is 3.98. The highest BCUT2D eigenvalue weighted by Crippen LogP contribution is 2.03. The van der Waals surface area contributed by atoms with Gasteiger partial charge in [0.25, 0.3) is 0 Å². The highest BCUT2D eigenvalue weighted by atomic mass is 16.2. The lowest BCUT2D eigenvalue weighted by molar-refractivity contribution is -0.134. The molecule has 1 fully saturated rings. The molecular weight excluding hydrogens is 220 g/mol. The summed E-state index contributed by atoms with van der Waals surface area (Å²) in [6.45, 7) is 5.19. The van der Waals surface area contributed by atoms with Gasteiger partial charge in [0.05, 0.1) is 12.6 Å². The molecule has 1 aliphatic rings. The molecule has 0 aliphatic carbocycles. The molecule has 0 aromatic heterocycles. The second-order valence-corrected chi connectivity index (χ2v) is 4.28. The Morgan fingerprint density at radius 1 is 1.18 bits per heavy atom. The van der Waals surface area contributed by atoms with Crippen molar-refractivity contribution in [3.8, 4) is 0 Å². The number of nitrogens with one attached hydrogen (secondary N) is 2. The van der Waals surface area contributed by atoms with E-state index in [2.05, 4.69) is 15.5 Å². The van der Waals surface area contributed by atoms with Crippen LogP contribution >= 0.6 is 0 Å². The maximum absolute atomic E-state index is 11.9. The number of likely N-dealkylation sites (N-methyl/N-ethyl adjacent to an activating group) is 2. The zero-order chi connectivity index (χ0) is 12.8. The molecule has 0 bridgehead atoms. The molecule has 0 saturated carbocycles. The van der Waals surface area contributed by atoms with Crippen LogP contribution in [0.5, 0.6) is 0 Å². The first-order chi connectivity index (χ1) is 8.08. The third-order valence-electron chi connectivity index (χ3n) is 3.13. The Hall–Kier alpha value is -1.14. The van der Waals surface area contributed by atoms with Crippen molar-refractivity contribution in [3.05, 3.63) is 0 Å². The SMILES string of the molecule is CNC(=O)CN1CCN(C(=O)C(C)NC)CC1. The van der Waals surface area contributed by atoms with Crippen molar-refractivity contribution in [3.63, 3.8) is 0 Å². The van der Waals surface area contributed by atoms with Gasteiger partial charge in [-0.25, -0.2) is 0 Å². The van der Waals surface area contributed by atoms with Gasteiger partial charge in [-0.1, -0.05) is 0 Å². The van der Waals surface area contributed by atoms with E-state index in [9.17, 15) is 9.59 Å². The van der Waals surface area contributed by atoms with Gasteiger partial charge in [-0.15, -0.1) is 0 Å². The van der Waals surface area contributed by atoms with Gasteiger partial charge < -0.3 is 15.5 Å². The van der Waals surface area contributed by atoms with Crippen molar-refractivity contribution >= 4 is 11.8 Å². The molecule has 0 aromatic rings. The Morgan fingerprint density at radius 3 is 2.24 bits per heavy atom. The van der Waals surface area contributed by atoms with Gasteiger partial charge in [0, 0.05) is 33.2 Å². The third-order valence-corrected chi connectivity index (χ3v) is 3.13. The number of amides is 2. The number of carbonyl (C=O) groups excluding carboxylic acids is 2. The Morgan fingerprint density at radius 2 is 1.76 bits per heavy atom. The summed E-state index contributed by atoms with van der Waals surface area (Å²) in [5.41, 5.74) is 0. The quantitative estimate of drug-likeness (QED) is 0.629. The maximum atomic E-state index is 11.9. The minimum atomic E-state index is -0.138. The van der Waals surface area contributed by atoms with Crippen molar-refractivity contribution in [2.45, 2.75) is 13.0 Å². The van der Waals surface area contributed by atoms with E-state index < -0.39 is 0 Å². The minimum absolute atomic E-state index is 0.0216. The lowest BCUT2D eigenvalue weighted by Gasteiger charge is -2.35. The smallest absolute Gasteiger partial charge is 0.239 e. The molecule has 6 nitrogen and oxygen atoms in total. The molecule has 1 rings (SSSR count). The molecule has 2 N–H and O–H groups in total. The Labute approximate surface area is 102 Å². The second kappa shape index (κ2) is 6.56. The number of carbonyl (C=O) groups is 2. The van der Waals surface area contributed by atoms with E-state index in [4.69, 9.17) is 0 Å². The summed E-state index contributed by atoms with van der Waals surface area (Å²) < 4.78 is 0. The molecule has 1 heterocycles. The summed E-state index contributed by atoms with van der Waals surface area (Å²) in [4.78, 5) is 27.0. The minimum Gasteiger partial charge on any atom is -0.358 e. The van der Waals surface area contributed by atoms with Gasteiger partial charge in [-0.2, -0.15) is 0 Å². The van der Waals surface area contributed by atoms with Crippen LogP contribution in [0, 0.1) is 0 Å². The van der Waals surface area contributed by atoms with Crippen LogP contribution in [-0.2, 0) is 9.59 Å². The maximum Gasteiger partial charge on any atom is 0.239 e. The van der Waals surface area contributed by atoms with Crippen LogP contribution in [0.4, 0.5) is 0 Å². The van der Waals surface area contributed by atoms with Crippen molar-refractivity contribution < 1.29 is 9.59 Å². The summed E-state index contributed by atoms with van der Waals surface area (Å²) in [7, 11) is 3.42. The van der Waals surface area contributed by atoms with Crippen LogP contribution in [0.1, 0.15) is 6.92 Å². The van der Waals surface area contributed by atoms with Crippen LogP contribution in [-0.4, -0.2) is 74.5 Å². The van der Waals surface area contributed by atoms with Crippen molar-refractivity contribution in [1.82, 2.24) is 20.4 Å². The number of rotatable bonds is 4. The first-order valence-electron chi connectivity index (χ1n) is 5.97.